The molecular weight excluding hydrogens is 248 g/mol. The lowest BCUT2D eigenvalue weighted by molar-refractivity contribution is 0.151. The van der Waals surface area contributed by atoms with E-state index in [1.807, 2.05) is 0 Å². The van der Waals surface area contributed by atoms with Gasteiger partial charge in [-0.2, -0.15) is 8.42 Å². The van der Waals surface area contributed by atoms with Gasteiger partial charge in [-0.05, 0) is 6.92 Å². The van der Waals surface area contributed by atoms with Crippen molar-refractivity contribution in [1.29, 1.82) is 0 Å². The average Bonchev–Trinajstić information content (AvgIpc) is 2.23. The molecule has 8 heteroatoms. The number of amides is 1. The zero-order valence-corrected chi connectivity index (χ0v) is 11.4. The fourth-order valence-corrected chi connectivity index (χ4v) is 2.10. The number of hydrogen-bond acceptors (Lipinski definition) is 6. The zero-order chi connectivity index (χ0) is 13.7. The van der Waals surface area contributed by atoms with Crippen molar-refractivity contribution in [2.45, 2.75) is 20.8 Å². The van der Waals surface area contributed by atoms with E-state index in [-0.39, 0.29) is 5.75 Å². The van der Waals surface area contributed by atoms with Crippen molar-refractivity contribution < 1.29 is 22.2 Å². The smallest absolute Gasteiger partial charge is 0.323 e. The van der Waals surface area contributed by atoms with Crippen LogP contribution in [0.4, 0.5) is 4.79 Å². The van der Waals surface area contributed by atoms with Crippen molar-refractivity contribution in [2.75, 3.05) is 19.9 Å². The Balaban J connectivity index is 4.76. The summed E-state index contributed by atoms with van der Waals surface area (Å²) in [5, 5.41) is 5.79. The highest BCUT2D eigenvalue weighted by atomic mass is 32.2. The first-order valence-corrected chi connectivity index (χ1v) is 6.44. The lowest BCUT2D eigenvalue weighted by Gasteiger charge is -2.22. The molecule has 0 aliphatic rings. The number of nitrogens with zero attached hydrogens (tertiary/aromatic N) is 1. The first kappa shape index (κ1) is 15.9. The van der Waals surface area contributed by atoms with Gasteiger partial charge in [0, 0.05) is 12.5 Å². The molecule has 0 aromatic carbocycles. The second-order valence-electron chi connectivity index (χ2n) is 4.06. The van der Waals surface area contributed by atoms with Gasteiger partial charge in [-0.15, -0.1) is 0 Å². The molecule has 0 spiro atoms. The predicted molar refractivity (Wildman–Crippen MR) is 63.2 cm³/mol. The van der Waals surface area contributed by atoms with E-state index in [4.69, 9.17) is 0 Å². The molecule has 0 fully saturated rings. The van der Waals surface area contributed by atoms with E-state index >= 15 is 0 Å². The molecule has 0 saturated heterocycles. The predicted octanol–water partition coefficient (Wildman–Crippen LogP) is 0.721. The van der Waals surface area contributed by atoms with Gasteiger partial charge in [-0.25, -0.2) is 4.79 Å². The van der Waals surface area contributed by atoms with Crippen LogP contribution in [0.25, 0.3) is 0 Å². The van der Waals surface area contributed by atoms with Crippen LogP contribution < -0.4 is 5.32 Å². The maximum atomic E-state index is 11.3. The van der Waals surface area contributed by atoms with Crippen LogP contribution in [0.3, 0.4) is 0 Å². The number of carbonyl (C=O) groups excluding carboxylic acids is 1. The monoisotopic (exact) mass is 266 g/mol. The molecule has 0 heterocycles. The van der Waals surface area contributed by atoms with Crippen LogP contribution in [0, 0.1) is 5.41 Å². The van der Waals surface area contributed by atoms with E-state index in [1.54, 1.807) is 20.8 Å². The van der Waals surface area contributed by atoms with Crippen LogP contribution >= 0.6 is 0 Å². The molecule has 100 valence electrons. The van der Waals surface area contributed by atoms with Gasteiger partial charge in [-0.1, -0.05) is 19.0 Å². The average molecular weight is 266 g/mol. The minimum absolute atomic E-state index is 0.247. The summed E-state index contributed by atoms with van der Waals surface area (Å²) in [5.41, 5.74) is -0.412. The molecule has 0 aliphatic heterocycles. The van der Waals surface area contributed by atoms with Gasteiger partial charge >= 0.3 is 6.09 Å². The van der Waals surface area contributed by atoms with Crippen LogP contribution in [0.5, 0.6) is 0 Å². The highest BCUT2D eigenvalue weighted by molar-refractivity contribution is 7.86. The van der Waals surface area contributed by atoms with E-state index in [0.717, 1.165) is 7.11 Å². The molecule has 0 aromatic rings. The number of rotatable bonds is 5. The molecule has 0 saturated carbocycles. The van der Waals surface area contributed by atoms with Gasteiger partial charge in [0.05, 0.1) is 18.6 Å². The van der Waals surface area contributed by atoms with Crippen molar-refractivity contribution in [3.8, 4) is 0 Å². The molecule has 0 bridgehead atoms. The maximum absolute atomic E-state index is 11.3. The molecule has 17 heavy (non-hydrogen) atoms. The van der Waals surface area contributed by atoms with Gasteiger partial charge in [0.2, 0.25) is 0 Å². The Morgan fingerprint density at radius 1 is 1.41 bits per heavy atom. The van der Waals surface area contributed by atoms with E-state index in [9.17, 15) is 13.2 Å². The second-order valence-corrected chi connectivity index (χ2v) is 5.80. The van der Waals surface area contributed by atoms with Gasteiger partial charge in [0.15, 0.2) is 0 Å². The van der Waals surface area contributed by atoms with E-state index in [2.05, 4.69) is 19.5 Å². The molecule has 0 radical (unpaired) electrons. The third kappa shape index (κ3) is 5.64. The van der Waals surface area contributed by atoms with Gasteiger partial charge in [0.25, 0.3) is 10.1 Å². The van der Waals surface area contributed by atoms with Crippen LogP contribution in [0.15, 0.2) is 5.16 Å². The van der Waals surface area contributed by atoms with Gasteiger partial charge in [-0.3, -0.25) is 9.02 Å². The summed E-state index contributed by atoms with van der Waals surface area (Å²) in [6.07, 6.45) is -0.713. The minimum Gasteiger partial charge on any atom is -0.323 e. The normalized spacial score (nSPS) is 13.4. The summed E-state index contributed by atoms with van der Waals surface area (Å²) in [6, 6.07) is 0. The standard InChI is InChI=1S/C9H18N2O5S/c1-7(11-16-8(12)10-4)9(2,3)6-17(13,14)15-5/h6H2,1-5H3,(H,10,12). The molecule has 0 rings (SSSR count). The highest BCUT2D eigenvalue weighted by Gasteiger charge is 2.30. The zero-order valence-electron chi connectivity index (χ0n) is 10.6. The molecule has 1 amide bonds. The summed E-state index contributed by atoms with van der Waals surface area (Å²) in [6.45, 7) is 4.90. The fraction of sp³-hybridized carbons (Fsp3) is 0.778. The Labute approximate surface area is 101 Å². The quantitative estimate of drug-likeness (QED) is 0.342. The number of oxime groups is 1. The first-order valence-electron chi connectivity index (χ1n) is 4.86. The molecule has 1 N–H and O–H groups in total. The van der Waals surface area contributed by atoms with Crippen LogP contribution in [-0.2, 0) is 19.1 Å². The minimum atomic E-state index is -3.60. The third-order valence-electron chi connectivity index (χ3n) is 2.24. The summed E-state index contributed by atoms with van der Waals surface area (Å²) in [4.78, 5) is 15.3. The Kier molecular flexibility index (Phi) is 5.56. The lowest BCUT2D eigenvalue weighted by atomic mass is 9.91. The van der Waals surface area contributed by atoms with Gasteiger partial charge in [0.1, 0.15) is 0 Å². The topological polar surface area (TPSA) is 94.1 Å². The summed E-state index contributed by atoms with van der Waals surface area (Å²) in [7, 11) is -1.11. The van der Waals surface area contributed by atoms with Crippen molar-refractivity contribution in [2.24, 2.45) is 10.6 Å². The number of nitrogens with one attached hydrogen (secondary N) is 1. The Bertz CT molecular complexity index is 400. The highest BCUT2D eigenvalue weighted by Crippen LogP contribution is 2.21. The summed E-state index contributed by atoms with van der Waals surface area (Å²) < 4.78 is 27.0. The summed E-state index contributed by atoms with van der Waals surface area (Å²) in [5.74, 6) is -0.247. The van der Waals surface area contributed by atoms with Crippen LogP contribution in [0.1, 0.15) is 20.8 Å². The van der Waals surface area contributed by atoms with E-state index < -0.39 is 21.6 Å². The van der Waals surface area contributed by atoms with Crippen molar-refractivity contribution >= 4 is 21.9 Å². The fourth-order valence-electron chi connectivity index (χ4n) is 0.884. The SMILES string of the molecule is CNC(=O)ON=C(C)C(C)(C)CS(=O)(=O)OC. The van der Waals surface area contributed by atoms with Crippen LogP contribution in [-0.4, -0.2) is 40.1 Å². The molecule has 7 nitrogen and oxygen atoms in total. The Morgan fingerprint density at radius 3 is 2.35 bits per heavy atom. The molecular formula is C9H18N2O5S. The molecule has 0 atom stereocenters. The first-order chi connectivity index (χ1) is 7.64. The third-order valence-corrected chi connectivity index (χ3v) is 3.82. The van der Waals surface area contributed by atoms with E-state index in [1.165, 1.54) is 7.05 Å². The second kappa shape index (κ2) is 5.97. The molecule has 0 aromatic heterocycles. The van der Waals surface area contributed by atoms with Crippen molar-refractivity contribution in [1.82, 2.24) is 5.32 Å². The van der Waals surface area contributed by atoms with Crippen LogP contribution in [0.2, 0.25) is 0 Å². The largest absolute Gasteiger partial charge is 0.433 e. The van der Waals surface area contributed by atoms with E-state index in [0.29, 0.717) is 5.71 Å². The van der Waals surface area contributed by atoms with Crippen molar-refractivity contribution in [3.63, 3.8) is 0 Å². The van der Waals surface area contributed by atoms with Crippen molar-refractivity contribution in [3.05, 3.63) is 0 Å². The summed E-state index contributed by atoms with van der Waals surface area (Å²) >= 11 is 0. The van der Waals surface area contributed by atoms with Gasteiger partial charge < -0.3 is 5.32 Å². The molecule has 0 unspecified atom stereocenters. The Hall–Kier alpha value is -1.15. The number of hydrogen-bond donors (Lipinski definition) is 1. The maximum Gasteiger partial charge on any atom is 0.433 e. The lowest BCUT2D eigenvalue weighted by Crippen LogP contribution is -2.32. The Morgan fingerprint density at radius 2 is 1.94 bits per heavy atom. The molecule has 0 aliphatic carbocycles. The number of carbonyl (C=O) groups is 1.